The van der Waals surface area contributed by atoms with Gasteiger partial charge in [0.1, 0.15) is 6.42 Å². The van der Waals surface area contributed by atoms with E-state index in [1.807, 2.05) is 49.4 Å². The molecule has 0 saturated carbocycles. The first kappa shape index (κ1) is 25.3. The van der Waals surface area contributed by atoms with Crippen LogP contribution in [0.2, 0.25) is 5.02 Å². The minimum Gasteiger partial charge on any atom is -0.354 e. The quantitative estimate of drug-likeness (QED) is 0.292. The van der Waals surface area contributed by atoms with Gasteiger partial charge in [0.05, 0.1) is 11.4 Å². The van der Waals surface area contributed by atoms with Crippen molar-refractivity contribution in [2.24, 2.45) is 0 Å². The molecular weight excluding hydrogens is 446 g/mol. The van der Waals surface area contributed by atoms with Gasteiger partial charge < -0.3 is 16.0 Å². The first-order chi connectivity index (χ1) is 16.2. The zero-order valence-corrected chi connectivity index (χ0v) is 21.1. The molecule has 2 amide bonds. The molecule has 0 heterocycles. The zero-order valence-electron chi connectivity index (χ0n) is 20.3. The van der Waals surface area contributed by atoms with Gasteiger partial charge in [-0.05, 0) is 59.7 Å². The van der Waals surface area contributed by atoms with E-state index in [4.69, 9.17) is 11.6 Å². The Hall–Kier alpha value is -3.31. The number of nitrogens with one attached hydrogen (secondary N) is 3. The van der Waals surface area contributed by atoms with Gasteiger partial charge in [-0.15, -0.1) is 0 Å². The third-order valence-corrected chi connectivity index (χ3v) is 5.86. The molecular formula is C28H32ClN3O2. The van der Waals surface area contributed by atoms with Crippen LogP contribution in [0.4, 0.5) is 22.7 Å². The molecule has 0 unspecified atom stereocenters. The fourth-order valence-corrected chi connectivity index (χ4v) is 3.98. The number of hydrogen-bond acceptors (Lipinski definition) is 3. The largest absolute Gasteiger partial charge is 0.354 e. The number of halogens is 1. The number of rotatable bonds is 8. The lowest BCUT2D eigenvalue weighted by atomic mass is 9.92. The Balaban J connectivity index is 1.75. The van der Waals surface area contributed by atoms with Gasteiger partial charge in [-0.2, -0.15) is 0 Å². The summed E-state index contributed by atoms with van der Waals surface area (Å²) in [4.78, 5) is 25.6. The van der Waals surface area contributed by atoms with Crippen molar-refractivity contribution in [1.29, 1.82) is 0 Å². The number of aryl methyl sites for hydroxylation is 1. The number of carbonyl (C=O) groups is 2. The Kier molecular flexibility index (Phi) is 8.35. The monoisotopic (exact) mass is 477 g/mol. The average molecular weight is 478 g/mol. The highest BCUT2D eigenvalue weighted by molar-refractivity contribution is 6.31. The first-order valence-corrected chi connectivity index (χ1v) is 11.9. The molecule has 0 aliphatic rings. The summed E-state index contributed by atoms with van der Waals surface area (Å²) in [5.41, 5.74) is 6.09. The number of anilines is 4. The molecule has 3 aromatic carbocycles. The second-order valence-corrected chi connectivity index (χ2v) is 9.46. The molecule has 5 nitrogen and oxygen atoms in total. The lowest BCUT2D eigenvalue weighted by Crippen LogP contribution is -2.23. The van der Waals surface area contributed by atoms with Gasteiger partial charge in [0, 0.05) is 16.4 Å². The maximum absolute atomic E-state index is 12.8. The number of carbonyl (C=O) groups excluding carboxylic acids is 2. The molecule has 3 aromatic rings. The maximum Gasteiger partial charge on any atom is 0.233 e. The molecule has 0 radical (unpaired) electrons. The Morgan fingerprint density at radius 1 is 0.765 bits per heavy atom. The van der Waals surface area contributed by atoms with E-state index in [0.717, 1.165) is 28.1 Å². The third kappa shape index (κ3) is 6.39. The van der Waals surface area contributed by atoms with E-state index in [1.54, 1.807) is 18.2 Å². The van der Waals surface area contributed by atoms with Gasteiger partial charge in [0.25, 0.3) is 0 Å². The molecule has 34 heavy (non-hydrogen) atoms. The standard InChI is InChI=1S/C28H32ClN3O2/c1-17(2)21-10-8-11-22(18(3)4)28(21)32-27(34)16-26(33)31-24-14-13-20(29)15-25(24)30-23-12-7-6-9-19(23)5/h6-15,17-18,30H,16H2,1-5H3,(H,31,33)(H,32,34). The van der Waals surface area contributed by atoms with Crippen molar-refractivity contribution < 1.29 is 9.59 Å². The summed E-state index contributed by atoms with van der Waals surface area (Å²) in [6.07, 6.45) is -0.295. The molecule has 0 spiro atoms. The normalized spacial score (nSPS) is 10.9. The summed E-state index contributed by atoms with van der Waals surface area (Å²) in [5, 5.41) is 9.70. The summed E-state index contributed by atoms with van der Waals surface area (Å²) in [5.74, 6) is -0.269. The third-order valence-electron chi connectivity index (χ3n) is 5.63. The molecule has 3 N–H and O–H groups in total. The van der Waals surface area contributed by atoms with Crippen molar-refractivity contribution in [3.05, 3.63) is 82.4 Å². The van der Waals surface area contributed by atoms with Crippen molar-refractivity contribution in [2.45, 2.75) is 52.9 Å². The van der Waals surface area contributed by atoms with Crippen LogP contribution in [-0.4, -0.2) is 11.8 Å². The maximum atomic E-state index is 12.8. The Labute approximate surface area is 206 Å². The summed E-state index contributed by atoms with van der Waals surface area (Å²) in [6, 6.07) is 19.1. The van der Waals surface area contributed by atoms with Crippen molar-refractivity contribution in [1.82, 2.24) is 0 Å². The van der Waals surface area contributed by atoms with Gasteiger partial charge >= 0.3 is 0 Å². The van der Waals surface area contributed by atoms with Crippen LogP contribution in [0.3, 0.4) is 0 Å². The minimum absolute atomic E-state index is 0.243. The van der Waals surface area contributed by atoms with E-state index in [1.165, 1.54) is 0 Å². The van der Waals surface area contributed by atoms with E-state index in [0.29, 0.717) is 16.4 Å². The first-order valence-electron chi connectivity index (χ1n) is 11.5. The van der Waals surface area contributed by atoms with Crippen LogP contribution >= 0.6 is 11.6 Å². The van der Waals surface area contributed by atoms with Crippen LogP contribution in [0, 0.1) is 6.92 Å². The van der Waals surface area contributed by atoms with Gasteiger partial charge in [0.15, 0.2) is 0 Å². The Bertz CT molecular complexity index is 1160. The molecule has 0 fully saturated rings. The van der Waals surface area contributed by atoms with Crippen molar-refractivity contribution >= 4 is 46.2 Å². The van der Waals surface area contributed by atoms with E-state index in [2.05, 4.69) is 43.6 Å². The highest BCUT2D eigenvalue weighted by Crippen LogP contribution is 2.33. The van der Waals surface area contributed by atoms with Crippen molar-refractivity contribution in [3.63, 3.8) is 0 Å². The van der Waals surface area contributed by atoms with Gasteiger partial charge in [-0.3, -0.25) is 9.59 Å². The molecule has 0 saturated heterocycles. The summed E-state index contributed by atoms with van der Waals surface area (Å²) in [7, 11) is 0. The van der Waals surface area contributed by atoms with Crippen LogP contribution in [-0.2, 0) is 9.59 Å². The molecule has 0 aromatic heterocycles. The van der Waals surface area contributed by atoms with E-state index >= 15 is 0 Å². The highest BCUT2D eigenvalue weighted by atomic mass is 35.5. The van der Waals surface area contributed by atoms with Gasteiger partial charge in [-0.1, -0.05) is 75.7 Å². The van der Waals surface area contributed by atoms with E-state index in [9.17, 15) is 9.59 Å². The molecule has 6 heteroatoms. The van der Waals surface area contributed by atoms with Crippen LogP contribution in [0.1, 0.15) is 62.6 Å². The molecule has 0 atom stereocenters. The predicted molar refractivity (Wildman–Crippen MR) is 142 cm³/mol. The fraction of sp³-hybridized carbons (Fsp3) is 0.286. The van der Waals surface area contributed by atoms with Crippen molar-refractivity contribution in [3.8, 4) is 0 Å². The Morgan fingerprint density at radius 2 is 1.38 bits per heavy atom. The molecule has 0 bridgehead atoms. The zero-order chi connectivity index (χ0) is 24.8. The minimum atomic E-state index is -0.402. The van der Waals surface area contributed by atoms with E-state index in [-0.39, 0.29) is 24.2 Å². The molecule has 0 aliphatic heterocycles. The number of amides is 2. The topological polar surface area (TPSA) is 70.2 Å². The van der Waals surface area contributed by atoms with Crippen LogP contribution in [0.15, 0.2) is 60.7 Å². The second-order valence-electron chi connectivity index (χ2n) is 9.02. The summed E-state index contributed by atoms with van der Waals surface area (Å²) in [6.45, 7) is 10.4. The number of benzene rings is 3. The van der Waals surface area contributed by atoms with E-state index < -0.39 is 5.91 Å². The van der Waals surface area contributed by atoms with Gasteiger partial charge in [-0.25, -0.2) is 0 Å². The SMILES string of the molecule is Cc1ccccc1Nc1cc(Cl)ccc1NC(=O)CC(=O)Nc1c(C(C)C)cccc1C(C)C. The lowest BCUT2D eigenvalue weighted by Gasteiger charge is -2.20. The molecule has 3 rings (SSSR count). The van der Waals surface area contributed by atoms with Crippen LogP contribution in [0.25, 0.3) is 0 Å². The number of hydrogen-bond donors (Lipinski definition) is 3. The molecule has 0 aliphatic carbocycles. The average Bonchev–Trinajstić information content (AvgIpc) is 2.76. The van der Waals surface area contributed by atoms with Crippen LogP contribution in [0.5, 0.6) is 0 Å². The van der Waals surface area contributed by atoms with Gasteiger partial charge in [0.2, 0.25) is 11.8 Å². The smallest absolute Gasteiger partial charge is 0.233 e. The second kappa shape index (κ2) is 11.2. The fourth-order valence-electron chi connectivity index (χ4n) is 3.81. The predicted octanol–water partition coefficient (Wildman–Crippen LogP) is 7.61. The van der Waals surface area contributed by atoms with Crippen LogP contribution < -0.4 is 16.0 Å². The summed E-state index contributed by atoms with van der Waals surface area (Å²) >= 11 is 6.20. The Morgan fingerprint density at radius 3 is 2.00 bits per heavy atom. The van der Waals surface area contributed by atoms with Crippen molar-refractivity contribution in [2.75, 3.05) is 16.0 Å². The highest BCUT2D eigenvalue weighted by Gasteiger charge is 2.18. The lowest BCUT2D eigenvalue weighted by molar-refractivity contribution is -0.123. The summed E-state index contributed by atoms with van der Waals surface area (Å²) < 4.78 is 0. The molecule has 178 valence electrons. The number of para-hydroxylation sites is 2.